The van der Waals surface area contributed by atoms with Crippen LogP contribution in [0.4, 0.5) is 31.1 Å². The Morgan fingerprint density at radius 1 is 0.844 bits per heavy atom. The van der Waals surface area contributed by atoms with Gasteiger partial charge in [-0.1, -0.05) is 36.8 Å². The predicted molar refractivity (Wildman–Crippen MR) is 149 cm³/mol. The summed E-state index contributed by atoms with van der Waals surface area (Å²) in [4.78, 5) is 46.9. The smallest absolute Gasteiger partial charge is 0.416 e. The average molecular weight is 641 g/mol. The van der Waals surface area contributed by atoms with Crippen LogP contribution in [0, 0.1) is 0 Å². The van der Waals surface area contributed by atoms with Gasteiger partial charge in [-0.25, -0.2) is 4.79 Å². The summed E-state index contributed by atoms with van der Waals surface area (Å²) in [5.41, 5.74) is -2.68. The van der Waals surface area contributed by atoms with E-state index >= 15 is 0 Å². The van der Waals surface area contributed by atoms with Crippen molar-refractivity contribution in [1.82, 2.24) is 19.6 Å². The monoisotopic (exact) mass is 640 g/mol. The predicted octanol–water partition coefficient (Wildman–Crippen LogP) is 5.51. The van der Waals surface area contributed by atoms with Crippen LogP contribution < -0.4 is 0 Å². The normalized spacial score (nSPS) is 21.6. The van der Waals surface area contributed by atoms with Crippen molar-refractivity contribution in [3.05, 3.63) is 70.8 Å². The van der Waals surface area contributed by atoms with Gasteiger partial charge in [0, 0.05) is 26.1 Å². The quantitative estimate of drug-likeness (QED) is 0.374. The number of rotatable bonds is 7. The lowest BCUT2D eigenvalue weighted by Gasteiger charge is -2.52. The third-order valence-corrected chi connectivity index (χ3v) is 8.48. The minimum absolute atomic E-state index is 0.00381. The molecular weight excluding hydrogens is 606 g/mol. The van der Waals surface area contributed by atoms with E-state index in [0.717, 1.165) is 37.9 Å². The molecule has 244 valence electrons. The molecule has 5 rings (SSSR count). The van der Waals surface area contributed by atoms with Crippen molar-refractivity contribution < 1.29 is 45.5 Å². The molecule has 45 heavy (non-hydrogen) atoms. The fourth-order valence-corrected chi connectivity index (χ4v) is 6.24. The summed E-state index contributed by atoms with van der Waals surface area (Å²) in [5.74, 6) is -0.563. The SMILES string of the molecule is O=C1[C@H](CCN2CCCCC2)N2C(=O)CCN(C(=O)OCc3cc(C(F)(F)F)cc(C(F)(F)F)c3)[C@H]2CN1Cc1ccccc1. The molecule has 3 fully saturated rings. The number of carbonyl (C=O) groups excluding carboxylic acids is 3. The number of hydrogen-bond acceptors (Lipinski definition) is 5. The van der Waals surface area contributed by atoms with Gasteiger partial charge in [-0.05, 0) is 61.7 Å². The zero-order valence-corrected chi connectivity index (χ0v) is 24.4. The van der Waals surface area contributed by atoms with Crippen molar-refractivity contribution in [2.24, 2.45) is 0 Å². The summed E-state index contributed by atoms with van der Waals surface area (Å²) in [6, 6.07) is 9.36. The lowest BCUT2D eigenvalue weighted by molar-refractivity contribution is -0.169. The number of piperidine rings is 1. The summed E-state index contributed by atoms with van der Waals surface area (Å²) in [5, 5.41) is 0. The second-order valence-corrected chi connectivity index (χ2v) is 11.6. The van der Waals surface area contributed by atoms with Gasteiger partial charge >= 0.3 is 18.4 Å². The Kier molecular flexibility index (Phi) is 9.61. The molecule has 0 N–H and O–H groups in total. The molecule has 14 heteroatoms. The summed E-state index contributed by atoms with van der Waals surface area (Å²) < 4.78 is 85.3. The molecule has 0 unspecified atom stereocenters. The van der Waals surface area contributed by atoms with Gasteiger partial charge in [0.15, 0.2) is 0 Å². The van der Waals surface area contributed by atoms with Gasteiger partial charge in [-0.3, -0.25) is 14.5 Å². The third kappa shape index (κ3) is 7.71. The molecule has 3 saturated heterocycles. The van der Waals surface area contributed by atoms with E-state index in [4.69, 9.17) is 4.74 Å². The van der Waals surface area contributed by atoms with Crippen LogP contribution in [0.3, 0.4) is 0 Å². The van der Waals surface area contributed by atoms with E-state index in [9.17, 15) is 40.7 Å². The lowest BCUT2D eigenvalue weighted by Crippen LogP contribution is -2.71. The van der Waals surface area contributed by atoms with Gasteiger partial charge in [-0.15, -0.1) is 0 Å². The fourth-order valence-electron chi connectivity index (χ4n) is 6.24. The van der Waals surface area contributed by atoms with E-state index in [-0.39, 0.29) is 43.9 Å². The molecule has 0 aromatic heterocycles. The maximum Gasteiger partial charge on any atom is 0.416 e. The number of ether oxygens (including phenoxy) is 1. The second kappa shape index (κ2) is 13.3. The molecular formula is C31H34F6N4O4. The molecule has 3 aliphatic rings. The molecule has 2 aromatic carbocycles. The van der Waals surface area contributed by atoms with Crippen LogP contribution in [0.1, 0.15) is 54.4 Å². The molecule has 2 atom stereocenters. The molecule has 0 spiro atoms. The first-order valence-corrected chi connectivity index (χ1v) is 14.9. The molecule has 0 saturated carbocycles. The molecule has 3 aliphatic heterocycles. The zero-order chi connectivity index (χ0) is 32.4. The van der Waals surface area contributed by atoms with Crippen LogP contribution >= 0.6 is 0 Å². The van der Waals surface area contributed by atoms with Crippen LogP contribution in [0.25, 0.3) is 0 Å². The highest BCUT2D eigenvalue weighted by molar-refractivity contribution is 5.90. The minimum Gasteiger partial charge on any atom is -0.444 e. The van der Waals surface area contributed by atoms with E-state index in [1.165, 1.54) is 9.80 Å². The van der Waals surface area contributed by atoms with Gasteiger partial charge in [0.1, 0.15) is 18.8 Å². The number of fused-ring (bicyclic) bond motifs is 1. The second-order valence-electron chi connectivity index (χ2n) is 11.6. The molecule has 8 nitrogen and oxygen atoms in total. The highest BCUT2D eigenvalue weighted by Crippen LogP contribution is 2.37. The van der Waals surface area contributed by atoms with Crippen molar-refractivity contribution in [3.63, 3.8) is 0 Å². The van der Waals surface area contributed by atoms with Crippen LogP contribution in [-0.2, 0) is 39.8 Å². The fraction of sp³-hybridized carbons (Fsp3) is 0.516. The first-order valence-electron chi connectivity index (χ1n) is 14.9. The first-order chi connectivity index (χ1) is 21.3. The summed E-state index contributed by atoms with van der Waals surface area (Å²) in [6.45, 7) is 1.61. The van der Waals surface area contributed by atoms with Crippen molar-refractivity contribution in [2.75, 3.05) is 32.7 Å². The number of halogens is 6. The van der Waals surface area contributed by atoms with Crippen molar-refractivity contribution in [3.8, 4) is 0 Å². The highest BCUT2D eigenvalue weighted by atomic mass is 19.4. The summed E-state index contributed by atoms with van der Waals surface area (Å²) in [6.07, 6.45) is -8.57. The number of likely N-dealkylation sites (tertiary alicyclic amines) is 1. The van der Waals surface area contributed by atoms with Crippen molar-refractivity contribution in [1.29, 1.82) is 0 Å². The Labute approximate surface area is 256 Å². The van der Waals surface area contributed by atoms with E-state index in [0.29, 0.717) is 25.1 Å². The molecule has 0 bridgehead atoms. The number of amides is 3. The number of nitrogens with zero attached hydrogens (tertiary/aromatic N) is 4. The van der Waals surface area contributed by atoms with E-state index in [1.54, 1.807) is 4.90 Å². The maximum absolute atomic E-state index is 13.8. The Hall–Kier alpha value is -3.81. The Bertz CT molecular complexity index is 1350. The lowest BCUT2D eigenvalue weighted by atomic mass is 10.00. The largest absolute Gasteiger partial charge is 0.444 e. The number of carbonyl (C=O) groups is 3. The summed E-state index contributed by atoms with van der Waals surface area (Å²) >= 11 is 0. The number of alkyl halides is 6. The van der Waals surface area contributed by atoms with Gasteiger partial charge in [0.05, 0.1) is 17.7 Å². The number of piperazine rings is 1. The Morgan fingerprint density at radius 2 is 1.49 bits per heavy atom. The average Bonchev–Trinajstić information content (AvgIpc) is 3.00. The van der Waals surface area contributed by atoms with Crippen LogP contribution in [0.2, 0.25) is 0 Å². The molecule has 0 radical (unpaired) electrons. The minimum atomic E-state index is -5.05. The highest BCUT2D eigenvalue weighted by Gasteiger charge is 2.49. The van der Waals surface area contributed by atoms with Crippen molar-refractivity contribution in [2.45, 2.75) is 69.8 Å². The third-order valence-electron chi connectivity index (χ3n) is 8.48. The number of benzene rings is 2. The van der Waals surface area contributed by atoms with Gasteiger partial charge < -0.3 is 19.4 Å². The van der Waals surface area contributed by atoms with Crippen LogP contribution in [0.5, 0.6) is 0 Å². The molecule has 3 amide bonds. The van der Waals surface area contributed by atoms with Crippen LogP contribution in [-0.4, -0.2) is 82.4 Å². The topological polar surface area (TPSA) is 73.4 Å². The summed E-state index contributed by atoms with van der Waals surface area (Å²) in [7, 11) is 0. The van der Waals surface area contributed by atoms with Gasteiger partial charge in [-0.2, -0.15) is 26.3 Å². The van der Waals surface area contributed by atoms with E-state index < -0.39 is 54.0 Å². The standard InChI is InChI=1S/C31H34F6N4O4/c32-30(33,34)23-15-22(16-24(17-23)31(35,36)37)20-45-29(44)40-14-10-27(42)41-25(9-13-38-11-5-2-6-12-38)28(43)39(19-26(40)41)18-21-7-3-1-4-8-21/h1,3-4,7-8,15-17,25-26H,2,5-6,9-14,18-20H2/t25-,26+/m0/s1. The molecule has 0 aliphatic carbocycles. The molecule has 3 heterocycles. The van der Waals surface area contributed by atoms with E-state index in [1.807, 2.05) is 30.3 Å². The molecule has 2 aromatic rings. The van der Waals surface area contributed by atoms with E-state index in [2.05, 4.69) is 4.90 Å². The van der Waals surface area contributed by atoms with Gasteiger partial charge in [0.25, 0.3) is 0 Å². The van der Waals surface area contributed by atoms with Gasteiger partial charge in [0.2, 0.25) is 11.8 Å². The first kappa shape index (κ1) is 32.6. The number of hydrogen-bond donors (Lipinski definition) is 0. The zero-order valence-electron chi connectivity index (χ0n) is 24.4. The van der Waals surface area contributed by atoms with Crippen molar-refractivity contribution >= 4 is 17.9 Å². The Balaban J connectivity index is 1.37. The van der Waals surface area contributed by atoms with Crippen LogP contribution in [0.15, 0.2) is 48.5 Å². The maximum atomic E-state index is 13.8. The Morgan fingerprint density at radius 3 is 2.11 bits per heavy atom.